The number of halogens is 3. The lowest BCUT2D eigenvalue weighted by atomic mass is 10.0. The number of hydrogen-bond donors (Lipinski definition) is 1. The molecule has 5 nitrogen and oxygen atoms in total. The van der Waals surface area contributed by atoms with Gasteiger partial charge in [0.1, 0.15) is 0 Å². The number of aromatic nitrogens is 2. The van der Waals surface area contributed by atoms with Gasteiger partial charge in [-0.2, -0.15) is 13.2 Å². The third kappa shape index (κ3) is 4.82. The second-order valence-electron chi connectivity index (χ2n) is 4.80. The van der Waals surface area contributed by atoms with Crippen LogP contribution in [-0.2, 0) is 10.9 Å². The van der Waals surface area contributed by atoms with Gasteiger partial charge in [-0.3, -0.25) is 0 Å². The first-order valence-corrected chi connectivity index (χ1v) is 6.67. The zero-order chi connectivity index (χ0) is 16.0. The van der Waals surface area contributed by atoms with Gasteiger partial charge >= 0.3 is 6.18 Å². The molecule has 2 unspecified atom stereocenters. The van der Waals surface area contributed by atoms with Crippen molar-refractivity contribution in [1.29, 1.82) is 0 Å². The van der Waals surface area contributed by atoms with E-state index in [1.54, 1.807) is 19.1 Å². The quantitative estimate of drug-likeness (QED) is 0.835. The summed E-state index contributed by atoms with van der Waals surface area (Å²) in [4.78, 5) is 9.28. The molecule has 2 N–H and O–H groups in total. The van der Waals surface area contributed by atoms with Crippen molar-refractivity contribution in [2.45, 2.75) is 38.0 Å². The van der Waals surface area contributed by atoms with E-state index in [9.17, 15) is 13.2 Å². The van der Waals surface area contributed by atoms with Crippen molar-refractivity contribution in [2.75, 3.05) is 25.7 Å². The average Bonchev–Trinajstić information content (AvgIpc) is 2.46. The Morgan fingerprint density at radius 2 is 1.90 bits per heavy atom. The van der Waals surface area contributed by atoms with Crippen LogP contribution in [-0.4, -0.2) is 42.8 Å². The fourth-order valence-electron chi connectivity index (χ4n) is 2.00. The molecule has 1 heterocycles. The Morgan fingerprint density at radius 3 is 2.33 bits per heavy atom. The fourth-order valence-corrected chi connectivity index (χ4v) is 2.00. The summed E-state index contributed by atoms with van der Waals surface area (Å²) < 4.78 is 42.5. The third-order valence-corrected chi connectivity index (χ3v) is 3.36. The van der Waals surface area contributed by atoms with Crippen molar-refractivity contribution in [3.8, 4) is 0 Å². The summed E-state index contributed by atoms with van der Waals surface area (Å²) in [6.45, 7) is 2.45. The molecule has 21 heavy (non-hydrogen) atoms. The van der Waals surface area contributed by atoms with E-state index in [1.807, 2.05) is 6.92 Å². The van der Waals surface area contributed by atoms with Gasteiger partial charge in [-0.05, 0) is 12.8 Å². The summed E-state index contributed by atoms with van der Waals surface area (Å²) in [6.07, 6.45) is -1.49. The second-order valence-corrected chi connectivity index (χ2v) is 4.80. The van der Waals surface area contributed by atoms with E-state index in [0.29, 0.717) is 13.0 Å². The van der Waals surface area contributed by atoms with Crippen LogP contribution in [0.15, 0.2) is 12.4 Å². The number of nitrogens with two attached hydrogens (primary N) is 1. The van der Waals surface area contributed by atoms with Crippen LogP contribution in [0.2, 0.25) is 0 Å². The van der Waals surface area contributed by atoms with E-state index in [2.05, 4.69) is 9.97 Å². The van der Waals surface area contributed by atoms with Crippen molar-refractivity contribution in [2.24, 2.45) is 5.73 Å². The molecule has 1 rings (SSSR count). The van der Waals surface area contributed by atoms with Crippen LogP contribution in [0.4, 0.5) is 19.1 Å². The SMILES string of the molecule is CCC(N)C(CCOC)N(C)c1ncc(C(F)(F)F)cn1. The number of rotatable bonds is 7. The molecule has 0 saturated carbocycles. The number of methoxy groups -OCH3 is 1. The monoisotopic (exact) mass is 306 g/mol. The maximum atomic E-state index is 12.5. The molecule has 0 spiro atoms. The van der Waals surface area contributed by atoms with Gasteiger partial charge in [-0.1, -0.05) is 6.92 Å². The molecule has 0 radical (unpaired) electrons. The van der Waals surface area contributed by atoms with Gasteiger partial charge in [0.15, 0.2) is 0 Å². The molecule has 8 heteroatoms. The molecule has 1 aromatic rings. The van der Waals surface area contributed by atoms with E-state index in [4.69, 9.17) is 10.5 Å². The van der Waals surface area contributed by atoms with Gasteiger partial charge in [0.2, 0.25) is 5.95 Å². The highest BCUT2D eigenvalue weighted by atomic mass is 19.4. The minimum atomic E-state index is -4.44. The average molecular weight is 306 g/mol. The van der Waals surface area contributed by atoms with E-state index in [0.717, 1.165) is 18.8 Å². The van der Waals surface area contributed by atoms with Crippen molar-refractivity contribution < 1.29 is 17.9 Å². The number of anilines is 1. The summed E-state index contributed by atoms with van der Waals surface area (Å²) in [5.41, 5.74) is 5.19. The zero-order valence-corrected chi connectivity index (χ0v) is 12.4. The molecule has 0 fully saturated rings. The summed E-state index contributed by atoms with van der Waals surface area (Å²) in [7, 11) is 3.31. The van der Waals surface area contributed by atoms with E-state index < -0.39 is 11.7 Å². The molecular formula is C13H21F3N4O. The second kappa shape index (κ2) is 7.56. The smallest absolute Gasteiger partial charge is 0.385 e. The van der Waals surface area contributed by atoms with Gasteiger partial charge in [-0.25, -0.2) is 9.97 Å². The van der Waals surface area contributed by atoms with Gasteiger partial charge in [0, 0.05) is 45.2 Å². The van der Waals surface area contributed by atoms with Crippen LogP contribution >= 0.6 is 0 Å². The highest BCUT2D eigenvalue weighted by molar-refractivity contribution is 5.31. The molecule has 0 aliphatic carbocycles. The Bertz CT molecular complexity index is 424. The van der Waals surface area contributed by atoms with Crippen LogP contribution < -0.4 is 10.6 Å². The van der Waals surface area contributed by atoms with Gasteiger partial charge in [0.25, 0.3) is 0 Å². The van der Waals surface area contributed by atoms with Gasteiger partial charge < -0.3 is 15.4 Å². The Hall–Kier alpha value is -1.41. The summed E-state index contributed by atoms with van der Waals surface area (Å²) in [5.74, 6) is 0.216. The molecule has 0 aliphatic heterocycles. The number of likely N-dealkylation sites (N-methyl/N-ethyl adjacent to an activating group) is 1. The van der Waals surface area contributed by atoms with Crippen molar-refractivity contribution in [3.05, 3.63) is 18.0 Å². The van der Waals surface area contributed by atoms with Gasteiger partial charge in [-0.15, -0.1) is 0 Å². The Labute approximate surface area is 122 Å². The van der Waals surface area contributed by atoms with Crippen molar-refractivity contribution in [3.63, 3.8) is 0 Å². The van der Waals surface area contributed by atoms with Crippen LogP contribution in [0.25, 0.3) is 0 Å². The van der Waals surface area contributed by atoms with Crippen LogP contribution in [0.5, 0.6) is 0 Å². The van der Waals surface area contributed by atoms with E-state index >= 15 is 0 Å². The molecule has 2 atom stereocenters. The minimum absolute atomic E-state index is 0.105. The lowest BCUT2D eigenvalue weighted by molar-refractivity contribution is -0.138. The molecule has 0 saturated heterocycles. The molecule has 120 valence electrons. The number of ether oxygens (including phenoxy) is 1. The van der Waals surface area contributed by atoms with Crippen LogP contribution in [0, 0.1) is 0 Å². The topological polar surface area (TPSA) is 64.3 Å². The van der Waals surface area contributed by atoms with Crippen LogP contribution in [0.3, 0.4) is 0 Å². The van der Waals surface area contributed by atoms with E-state index in [1.165, 1.54) is 0 Å². The van der Waals surface area contributed by atoms with Crippen molar-refractivity contribution in [1.82, 2.24) is 9.97 Å². The fraction of sp³-hybridized carbons (Fsp3) is 0.692. The van der Waals surface area contributed by atoms with Crippen LogP contribution in [0.1, 0.15) is 25.3 Å². The highest BCUT2D eigenvalue weighted by Crippen LogP contribution is 2.28. The number of hydrogen-bond acceptors (Lipinski definition) is 5. The summed E-state index contributed by atoms with van der Waals surface area (Å²) in [5, 5.41) is 0. The Kier molecular flexibility index (Phi) is 6.35. The largest absolute Gasteiger partial charge is 0.419 e. The normalized spacial score (nSPS) is 14.8. The molecule has 1 aromatic heterocycles. The lowest BCUT2D eigenvalue weighted by Crippen LogP contribution is -2.47. The maximum absolute atomic E-state index is 12.5. The Balaban J connectivity index is 2.90. The molecule has 0 amide bonds. The first kappa shape index (κ1) is 17.6. The number of alkyl halides is 3. The standard InChI is InChI=1S/C13H21F3N4O/c1-4-10(17)11(5-6-21-3)20(2)12-18-7-9(8-19-12)13(14,15)16/h7-8,10-11H,4-6,17H2,1-3H3. The molecule has 0 bridgehead atoms. The van der Waals surface area contributed by atoms with Gasteiger partial charge in [0.05, 0.1) is 5.56 Å². The summed E-state index contributed by atoms with van der Waals surface area (Å²) >= 11 is 0. The zero-order valence-electron chi connectivity index (χ0n) is 12.4. The highest BCUT2D eigenvalue weighted by Gasteiger charge is 2.32. The predicted octanol–water partition coefficient (Wildman–Crippen LogP) is 2.07. The molecular weight excluding hydrogens is 285 g/mol. The van der Waals surface area contributed by atoms with E-state index in [-0.39, 0.29) is 18.0 Å². The molecule has 0 aliphatic rings. The minimum Gasteiger partial charge on any atom is -0.385 e. The predicted molar refractivity (Wildman–Crippen MR) is 74.0 cm³/mol. The lowest BCUT2D eigenvalue weighted by Gasteiger charge is -2.32. The third-order valence-electron chi connectivity index (χ3n) is 3.36. The molecule has 0 aromatic carbocycles. The van der Waals surface area contributed by atoms with Crippen molar-refractivity contribution >= 4 is 5.95 Å². The first-order chi connectivity index (χ1) is 9.81. The number of nitrogens with zero attached hydrogens (tertiary/aromatic N) is 3. The first-order valence-electron chi connectivity index (χ1n) is 6.67. The summed E-state index contributed by atoms with van der Waals surface area (Å²) in [6, 6.07) is -0.247. The Morgan fingerprint density at radius 1 is 1.33 bits per heavy atom. The maximum Gasteiger partial charge on any atom is 0.419 e.